The van der Waals surface area contributed by atoms with Gasteiger partial charge in [-0.15, -0.1) is 0 Å². The number of hydrogen-bond acceptors (Lipinski definition) is 3. The molecule has 88 valence electrons. The monoisotopic (exact) mass is 223 g/mol. The van der Waals surface area contributed by atoms with E-state index in [1.165, 1.54) is 25.5 Å². The molecule has 1 aromatic rings. The first-order chi connectivity index (χ1) is 7.72. The molecular formula is C11H17N3O2. The van der Waals surface area contributed by atoms with Gasteiger partial charge in [0.25, 0.3) is 0 Å². The molecule has 0 bridgehead atoms. The quantitative estimate of drug-likeness (QED) is 0.788. The van der Waals surface area contributed by atoms with Gasteiger partial charge in [-0.1, -0.05) is 6.42 Å². The van der Waals surface area contributed by atoms with Crippen LogP contribution < -0.4 is 5.32 Å². The normalized spacial score (nSPS) is 16.1. The van der Waals surface area contributed by atoms with E-state index in [-0.39, 0.29) is 5.69 Å². The van der Waals surface area contributed by atoms with Crippen LogP contribution in [0.3, 0.4) is 0 Å². The fourth-order valence-corrected chi connectivity index (χ4v) is 1.93. The Bertz CT molecular complexity index is 383. The smallest absolute Gasteiger partial charge is 0.354 e. The molecule has 5 heteroatoms. The Balaban J connectivity index is 2.04. The Labute approximate surface area is 94.5 Å². The predicted octanol–water partition coefficient (Wildman–Crippen LogP) is 1.24. The molecule has 0 unspecified atom stereocenters. The molecule has 0 saturated heterocycles. The molecule has 1 saturated carbocycles. The molecule has 2 rings (SSSR count). The molecule has 0 aromatic carbocycles. The lowest BCUT2D eigenvalue weighted by Gasteiger charge is -2.26. The van der Waals surface area contributed by atoms with Crippen LogP contribution in [0.1, 0.15) is 42.5 Å². The van der Waals surface area contributed by atoms with E-state index in [0.717, 1.165) is 5.82 Å². The Morgan fingerprint density at radius 2 is 2.44 bits per heavy atom. The molecule has 5 nitrogen and oxygen atoms in total. The Morgan fingerprint density at radius 3 is 2.94 bits per heavy atom. The molecule has 16 heavy (non-hydrogen) atoms. The minimum atomic E-state index is -0.913. The summed E-state index contributed by atoms with van der Waals surface area (Å²) >= 11 is 0. The van der Waals surface area contributed by atoms with Crippen LogP contribution in [0.2, 0.25) is 0 Å². The van der Waals surface area contributed by atoms with Gasteiger partial charge in [0.1, 0.15) is 11.5 Å². The van der Waals surface area contributed by atoms with E-state index in [1.807, 2.05) is 6.92 Å². The first-order valence-electron chi connectivity index (χ1n) is 5.73. The standard InChI is InChI=1S/C11H17N3O2/c1-2-14-9(11(15)16)6-13-10(14)7-12-8-4-3-5-8/h6,8,12H,2-5,7H2,1H3,(H,15,16). The van der Waals surface area contributed by atoms with Crippen molar-refractivity contribution < 1.29 is 9.90 Å². The van der Waals surface area contributed by atoms with Gasteiger partial charge in [-0.2, -0.15) is 0 Å². The molecule has 1 aromatic heterocycles. The second-order valence-corrected chi connectivity index (χ2v) is 4.12. The van der Waals surface area contributed by atoms with Gasteiger partial charge in [0.05, 0.1) is 12.7 Å². The van der Waals surface area contributed by atoms with Gasteiger partial charge in [0, 0.05) is 12.6 Å². The van der Waals surface area contributed by atoms with Crippen molar-refractivity contribution in [2.45, 2.75) is 45.3 Å². The van der Waals surface area contributed by atoms with E-state index in [4.69, 9.17) is 5.11 Å². The molecule has 0 spiro atoms. The molecule has 1 aliphatic rings. The van der Waals surface area contributed by atoms with Gasteiger partial charge in [-0.3, -0.25) is 0 Å². The van der Waals surface area contributed by atoms with Gasteiger partial charge in [-0.25, -0.2) is 9.78 Å². The molecule has 0 amide bonds. The number of rotatable bonds is 5. The molecule has 1 fully saturated rings. The van der Waals surface area contributed by atoms with Crippen molar-refractivity contribution in [3.05, 3.63) is 17.7 Å². The molecule has 2 N–H and O–H groups in total. The maximum absolute atomic E-state index is 10.9. The van der Waals surface area contributed by atoms with E-state index < -0.39 is 5.97 Å². The van der Waals surface area contributed by atoms with E-state index >= 15 is 0 Å². The molecule has 1 heterocycles. The SMILES string of the molecule is CCn1c(C(=O)O)cnc1CNC1CCC1. The van der Waals surface area contributed by atoms with Crippen molar-refractivity contribution in [3.8, 4) is 0 Å². The molecule has 0 aliphatic heterocycles. The van der Waals surface area contributed by atoms with Crippen LogP contribution in [-0.2, 0) is 13.1 Å². The van der Waals surface area contributed by atoms with Crippen LogP contribution in [0, 0.1) is 0 Å². The highest BCUT2D eigenvalue weighted by molar-refractivity contribution is 5.85. The number of carboxylic acid groups (broad SMARTS) is 1. The fourth-order valence-electron chi connectivity index (χ4n) is 1.93. The number of nitrogens with zero attached hydrogens (tertiary/aromatic N) is 2. The third-order valence-corrected chi connectivity index (χ3v) is 3.13. The average Bonchev–Trinajstić information content (AvgIpc) is 2.58. The van der Waals surface area contributed by atoms with E-state index in [1.54, 1.807) is 4.57 Å². The van der Waals surface area contributed by atoms with Crippen molar-refractivity contribution in [1.82, 2.24) is 14.9 Å². The summed E-state index contributed by atoms with van der Waals surface area (Å²) in [6.07, 6.45) is 5.17. The highest BCUT2D eigenvalue weighted by Crippen LogP contribution is 2.18. The minimum absolute atomic E-state index is 0.271. The molecule has 0 atom stereocenters. The van der Waals surface area contributed by atoms with Crippen LogP contribution in [0.4, 0.5) is 0 Å². The number of carbonyl (C=O) groups is 1. The lowest BCUT2D eigenvalue weighted by Crippen LogP contribution is -2.35. The summed E-state index contributed by atoms with van der Waals surface area (Å²) in [6.45, 7) is 3.23. The summed E-state index contributed by atoms with van der Waals surface area (Å²) in [5.74, 6) is -0.101. The van der Waals surface area contributed by atoms with Crippen molar-refractivity contribution in [2.24, 2.45) is 0 Å². The van der Waals surface area contributed by atoms with Crippen LogP contribution in [0.5, 0.6) is 0 Å². The number of nitrogens with one attached hydrogen (secondary N) is 1. The Kier molecular flexibility index (Phi) is 3.24. The highest BCUT2D eigenvalue weighted by Gasteiger charge is 2.19. The number of carboxylic acids is 1. The zero-order valence-electron chi connectivity index (χ0n) is 9.44. The molecule has 1 aliphatic carbocycles. The summed E-state index contributed by atoms with van der Waals surface area (Å²) in [4.78, 5) is 15.1. The predicted molar refractivity (Wildman–Crippen MR) is 59.3 cm³/mol. The summed E-state index contributed by atoms with van der Waals surface area (Å²) in [6, 6.07) is 0.593. The maximum Gasteiger partial charge on any atom is 0.354 e. The number of aromatic carboxylic acids is 1. The van der Waals surface area contributed by atoms with Crippen LogP contribution in [0.15, 0.2) is 6.20 Å². The first-order valence-corrected chi connectivity index (χ1v) is 5.73. The largest absolute Gasteiger partial charge is 0.477 e. The lowest BCUT2D eigenvalue weighted by atomic mass is 9.93. The van der Waals surface area contributed by atoms with E-state index in [2.05, 4.69) is 10.3 Å². The van der Waals surface area contributed by atoms with Gasteiger partial charge in [-0.05, 0) is 19.8 Å². The first kappa shape index (κ1) is 11.1. The Hall–Kier alpha value is -1.36. The summed E-state index contributed by atoms with van der Waals surface area (Å²) in [5, 5.41) is 12.3. The fraction of sp³-hybridized carbons (Fsp3) is 0.636. The van der Waals surface area contributed by atoms with Crippen molar-refractivity contribution in [2.75, 3.05) is 0 Å². The zero-order chi connectivity index (χ0) is 11.5. The number of imidazole rings is 1. The van der Waals surface area contributed by atoms with Crippen LogP contribution in [-0.4, -0.2) is 26.7 Å². The lowest BCUT2D eigenvalue weighted by molar-refractivity contribution is 0.0685. The van der Waals surface area contributed by atoms with Gasteiger partial charge < -0.3 is 15.0 Å². The third kappa shape index (κ3) is 2.09. The third-order valence-electron chi connectivity index (χ3n) is 3.13. The van der Waals surface area contributed by atoms with E-state index in [9.17, 15) is 4.79 Å². The topological polar surface area (TPSA) is 67.2 Å². The van der Waals surface area contributed by atoms with Crippen LogP contribution in [0.25, 0.3) is 0 Å². The van der Waals surface area contributed by atoms with Crippen molar-refractivity contribution >= 4 is 5.97 Å². The summed E-state index contributed by atoms with van der Waals surface area (Å²) in [5.41, 5.74) is 0.271. The van der Waals surface area contributed by atoms with E-state index in [0.29, 0.717) is 19.1 Å². The molecular weight excluding hydrogens is 206 g/mol. The minimum Gasteiger partial charge on any atom is -0.477 e. The number of hydrogen-bond donors (Lipinski definition) is 2. The zero-order valence-corrected chi connectivity index (χ0v) is 9.44. The van der Waals surface area contributed by atoms with Crippen molar-refractivity contribution in [3.63, 3.8) is 0 Å². The maximum atomic E-state index is 10.9. The highest BCUT2D eigenvalue weighted by atomic mass is 16.4. The van der Waals surface area contributed by atoms with Crippen molar-refractivity contribution in [1.29, 1.82) is 0 Å². The van der Waals surface area contributed by atoms with Gasteiger partial charge in [0.2, 0.25) is 0 Å². The second kappa shape index (κ2) is 4.65. The summed E-state index contributed by atoms with van der Waals surface area (Å²) < 4.78 is 1.74. The second-order valence-electron chi connectivity index (χ2n) is 4.12. The Morgan fingerprint density at radius 1 is 1.69 bits per heavy atom. The van der Waals surface area contributed by atoms with Gasteiger partial charge >= 0.3 is 5.97 Å². The molecule has 0 radical (unpaired) electrons. The number of aromatic nitrogens is 2. The van der Waals surface area contributed by atoms with Crippen LogP contribution >= 0.6 is 0 Å². The summed E-state index contributed by atoms with van der Waals surface area (Å²) in [7, 11) is 0. The van der Waals surface area contributed by atoms with Gasteiger partial charge in [0.15, 0.2) is 0 Å². The average molecular weight is 223 g/mol.